The summed E-state index contributed by atoms with van der Waals surface area (Å²) in [5.74, 6) is 0.915. The Morgan fingerprint density at radius 3 is 2.78 bits per heavy atom. The summed E-state index contributed by atoms with van der Waals surface area (Å²) in [6.45, 7) is 6.78. The van der Waals surface area contributed by atoms with Crippen LogP contribution in [0.25, 0.3) is 0 Å². The van der Waals surface area contributed by atoms with Crippen molar-refractivity contribution < 1.29 is 0 Å². The molecule has 1 aliphatic carbocycles. The molecule has 1 heterocycles. The molecule has 0 saturated heterocycles. The number of rotatable bonds is 8. The van der Waals surface area contributed by atoms with E-state index in [0.717, 1.165) is 48.6 Å². The van der Waals surface area contributed by atoms with Crippen LogP contribution in [0.4, 0.5) is 0 Å². The summed E-state index contributed by atoms with van der Waals surface area (Å²) in [4.78, 5) is 4.87. The Morgan fingerprint density at radius 1 is 1.33 bits per heavy atom. The van der Waals surface area contributed by atoms with Gasteiger partial charge in [-0.3, -0.25) is 10.1 Å². The van der Waals surface area contributed by atoms with Gasteiger partial charge in [0.25, 0.3) is 0 Å². The molecule has 1 saturated carbocycles. The van der Waals surface area contributed by atoms with Gasteiger partial charge in [-0.25, -0.2) is 0 Å². The van der Waals surface area contributed by atoms with Crippen LogP contribution in [-0.2, 0) is 11.8 Å². The fraction of sp³-hybridized carbons (Fsp3) is 0.500. The first kappa shape index (κ1) is 22.2. The van der Waals surface area contributed by atoms with Crippen LogP contribution in [0.5, 0.6) is 0 Å². The number of hydrogen-bond acceptors (Lipinski definition) is 2. The maximum absolute atomic E-state index is 4.87. The molecule has 3 N–H and O–H groups in total. The highest BCUT2D eigenvalue weighted by atomic mass is 127. The molecule has 1 aliphatic rings. The summed E-state index contributed by atoms with van der Waals surface area (Å²) in [6.07, 6.45) is 6.43. The third kappa shape index (κ3) is 6.20. The third-order valence-electron chi connectivity index (χ3n) is 5.02. The molecule has 1 aromatic carbocycles. The van der Waals surface area contributed by atoms with E-state index >= 15 is 0 Å². The summed E-state index contributed by atoms with van der Waals surface area (Å²) < 4.78 is 1.14. The maximum Gasteiger partial charge on any atom is 0.191 e. The van der Waals surface area contributed by atoms with Crippen molar-refractivity contribution in [1.29, 1.82) is 0 Å². The van der Waals surface area contributed by atoms with E-state index in [2.05, 4.69) is 74.9 Å². The maximum atomic E-state index is 4.87. The van der Waals surface area contributed by atoms with Gasteiger partial charge in [0.1, 0.15) is 0 Å². The van der Waals surface area contributed by atoms with Crippen molar-refractivity contribution in [2.45, 2.75) is 44.9 Å². The Kier molecular flexibility index (Phi) is 8.60. The number of guanidine groups is 1. The second-order valence-corrected chi connectivity index (χ2v) is 7.95. The van der Waals surface area contributed by atoms with Gasteiger partial charge in [0.05, 0.1) is 12.7 Å². The minimum absolute atomic E-state index is 0. The van der Waals surface area contributed by atoms with Crippen LogP contribution in [0.1, 0.15) is 43.0 Å². The van der Waals surface area contributed by atoms with Crippen molar-refractivity contribution in [3.8, 4) is 0 Å². The molecule has 0 bridgehead atoms. The molecular weight excluding hydrogens is 517 g/mol. The van der Waals surface area contributed by atoms with Crippen LogP contribution in [0.3, 0.4) is 0 Å². The van der Waals surface area contributed by atoms with Crippen molar-refractivity contribution in [3.05, 3.63) is 51.8 Å². The standard InChI is InChI=1S/C20H28BrN5.HI/c1-3-22-19(23-11-5-6-16-13-25-26-15(16)2)24-14-20(9-10-20)17-7-4-8-18(21)12-17;/h4,7-8,12-13H,3,5-6,9-11,14H2,1-2H3,(H,25,26)(H2,22,23,24);1H. The Hall–Kier alpha value is -1.09. The fourth-order valence-corrected chi connectivity index (χ4v) is 3.59. The summed E-state index contributed by atoms with van der Waals surface area (Å²) in [7, 11) is 0. The van der Waals surface area contributed by atoms with E-state index in [4.69, 9.17) is 4.99 Å². The number of benzene rings is 1. The second-order valence-electron chi connectivity index (χ2n) is 7.04. The molecular formula is C20H29BrIN5. The number of aromatic nitrogens is 2. The number of aromatic amines is 1. The van der Waals surface area contributed by atoms with Crippen LogP contribution in [0, 0.1) is 6.92 Å². The lowest BCUT2D eigenvalue weighted by Crippen LogP contribution is -2.38. The SMILES string of the molecule is CCNC(=NCC1(c2cccc(Br)c2)CC1)NCCCc1cn[nH]c1C.I. The molecule has 0 amide bonds. The molecule has 0 atom stereocenters. The molecule has 7 heteroatoms. The first-order valence-corrected chi connectivity index (χ1v) is 10.2. The molecule has 148 valence electrons. The lowest BCUT2D eigenvalue weighted by molar-refractivity contribution is 0.686. The molecule has 0 radical (unpaired) electrons. The predicted molar refractivity (Wildman–Crippen MR) is 126 cm³/mol. The molecule has 5 nitrogen and oxygen atoms in total. The molecule has 3 rings (SSSR count). The van der Waals surface area contributed by atoms with Crippen LogP contribution >= 0.6 is 39.9 Å². The van der Waals surface area contributed by atoms with E-state index in [9.17, 15) is 0 Å². The highest BCUT2D eigenvalue weighted by Crippen LogP contribution is 2.48. The van der Waals surface area contributed by atoms with E-state index in [0.29, 0.717) is 0 Å². The summed E-state index contributed by atoms with van der Waals surface area (Å²) in [5, 5.41) is 13.9. The quantitative estimate of drug-likeness (QED) is 0.200. The Labute approximate surface area is 187 Å². The predicted octanol–water partition coefficient (Wildman–Crippen LogP) is 4.32. The fourth-order valence-electron chi connectivity index (χ4n) is 3.19. The minimum Gasteiger partial charge on any atom is -0.357 e. The van der Waals surface area contributed by atoms with Gasteiger partial charge in [-0.05, 0) is 62.8 Å². The number of aliphatic imine (C=N–C) groups is 1. The van der Waals surface area contributed by atoms with Gasteiger partial charge in [-0.2, -0.15) is 5.10 Å². The molecule has 1 fully saturated rings. The van der Waals surface area contributed by atoms with Gasteiger partial charge in [0.15, 0.2) is 5.96 Å². The molecule has 2 aromatic rings. The largest absolute Gasteiger partial charge is 0.357 e. The van der Waals surface area contributed by atoms with Gasteiger partial charge >= 0.3 is 0 Å². The van der Waals surface area contributed by atoms with Crippen LogP contribution in [0.15, 0.2) is 39.9 Å². The highest BCUT2D eigenvalue weighted by Gasteiger charge is 2.44. The number of nitrogens with zero attached hydrogens (tertiary/aromatic N) is 2. The van der Waals surface area contributed by atoms with Crippen molar-refractivity contribution >= 4 is 45.9 Å². The Bertz CT molecular complexity index is 754. The molecule has 0 aliphatic heterocycles. The molecule has 1 aromatic heterocycles. The average molecular weight is 546 g/mol. The minimum atomic E-state index is 0. The summed E-state index contributed by atoms with van der Waals surface area (Å²) >= 11 is 3.58. The molecule has 27 heavy (non-hydrogen) atoms. The lowest BCUT2D eigenvalue weighted by atomic mass is 9.96. The van der Waals surface area contributed by atoms with E-state index in [1.807, 2.05) is 6.20 Å². The monoisotopic (exact) mass is 545 g/mol. The van der Waals surface area contributed by atoms with Gasteiger partial charge in [-0.1, -0.05) is 28.1 Å². The zero-order valence-electron chi connectivity index (χ0n) is 16.0. The Morgan fingerprint density at radius 2 is 2.15 bits per heavy atom. The smallest absolute Gasteiger partial charge is 0.191 e. The number of halogens is 2. The van der Waals surface area contributed by atoms with Gasteiger partial charge < -0.3 is 10.6 Å². The summed E-state index contributed by atoms with van der Waals surface area (Å²) in [5.41, 5.74) is 4.07. The third-order valence-corrected chi connectivity index (χ3v) is 5.52. The molecule has 0 spiro atoms. The van der Waals surface area contributed by atoms with Crippen molar-refractivity contribution in [1.82, 2.24) is 20.8 Å². The normalized spacial score (nSPS) is 15.1. The second kappa shape index (κ2) is 10.5. The Balaban J connectivity index is 0.00000261. The van der Waals surface area contributed by atoms with Crippen LogP contribution in [0.2, 0.25) is 0 Å². The summed E-state index contributed by atoms with van der Waals surface area (Å²) in [6, 6.07) is 8.65. The topological polar surface area (TPSA) is 65.1 Å². The number of nitrogens with one attached hydrogen (secondary N) is 3. The molecule has 0 unspecified atom stereocenters. The number of H-pyrrole nitrogens is 1. The van der Waals surface area contributed by atoms with Crippen LogP contribution < -0.4 is 10.6 Å². The average Bonchev–Trinajstić information content (AvgIpc) is 3.32. The van der Waals surface area contributed by atoms with E-state index < -0.39 is 0 Å². The van der Waals surface area contributed by atoms with Gasteiger partial charge in [0, 0.05) is 28.7 Å². The van der Waals surface area contributed by atoms with Crippen molar-refractivity contribution in [2.24, 2.45) is 4.99 Å². The van der Waals surface area contributed by atoms with E-state index in [1.165, 1.54) is 24.0 Å². The number of hydrogen-bond donors (Lipinski definition) is 3. The zero-order chi connectivity index (χ0) is 18.4. The van der Waals surface area contributed by atoms with Crippen molar-refractivity contribution in [3.63, 3.8) is 0 Å². The van der Waals surface area contributed by atoms with Gasteiger partial charge in [0.2, 0.25) is 0 Å². The van der Waals surface area contributed by atoms with Crippen LogP contribution in [-0.4, -0.2) is 35.8 Å². The van der Waals surface area contributed by atoms with Gasteiger partial charge in [-0.15, -0.1) is 24.0 Å². The first-order valence-electron chi connectivity index (χ1n) is 9.40. The first-order chi connectivity index (χ1) is 12.6. The zero-order valence-corrected chi connectivity index (χ0v) is 19.9. The number of aryl methyl sites for hydroxylation is 2. The van der Waals surface area contributed by atoms with Crippen molar-refractivity contribution in [2.75, 3.05) is 19.6 Å². The van der Waals surface area contributed by atoms with E-state index in [1.54, 1.807) is 0 Å². The highest BCUT2D eigenvalue weighted by molar-refractivity contribution is 14.0. The van der Waals surface area contributed by atoms with E-state index in [-0.39, 0.29) is 29.4 Å². The lowest BCUT2D eigenvalue weighted by Gasteiger charge is -2.16.